The van der Waals surface area contributed by atoms with Crippen LogP contribution < -0.4 is 21.3 Å². The van der Waals surface area contributed by atoms with Crippen LogP contribution in [0.15, 0.2) is 18.2 Å². The lowest BCUT2D eigenvalue weighted by Crippen LogP contribution is -2.36. The van der Waals surface area contributed by atoms with Gasteiger partial charge in [-0.05, 0) is 17.5 Å². The summed E-state index contributed by atoms with van der Waals surface area (Å²) < 4.78 is 5.32. The van der Waals surface area contributed by atoms with E-state index in [1.165, 1.54) is 5.56 Å². The van der Waals surface area contributed by atoms with Crippen LogP contribution in [0.3, 0.4) is 0 Å². The van der Waals surface area contributed by atoms with Crippen LogP contribution in [0.1, 0.15) is 43.4 Å². The third-order valence-electron chi connectivity index (χ3n) is 2.99. The molecular formula is C14H23N3O2. The first-order valence-electron chi connectivity index (χ1n) is 6.38. The van der Waals surface area contributed by atoms with E-state index in [0.717, 1.165) is 5.56 Å². The minimum atomic E-state index is -0.387. The van der Waals surface area contributed by atoms with Gasteiger partial charge in [0.05, 0.1) is 7.11 Å². The normalized spacial score (nSPS) is 12.3. The molecule has 1 rings (SSSR count). The van der Waals surface area contributed by atoms with Crippen molar-refractivity contribution in [3.8, 4) is 5.75 Å². The summed E-state index contributed by atoms with van der Waals surface area (Å²) in [5.74, 6) is 0.976. The molecule has 0 saturated carbocycles. The topological polar surface area (TPSA) is 76.4 Å². The van der Waals surface area contributed by atoms with Crippen LogP contribution >= 0.6 is 0 Å². The van der Waals surface area contributed by atoms with E-state index in [9.17, 15) is 4.79 Å². The highest BCUT2D eigenvalue weighted by Gasteiger charge is 2.16. The van der Waals surface area contributed by atoms with Crippen molar-refractivity contribution in [3.05, 3.63) is 29.3 Å². The van der Waals surface area contributed by atoms with Gasteiger partial charge in [-0.25, -0.2) is 5.43 Å². The van der Waals surface area contributed by atoms with E-state index in [4.69, 9.17) is 10.5 Å². The summed E-state index contributed by atoms with van der Waals surface area (Å²) >= 11 is 0. The molecule has 0 radical (unpaired) electrons. The molecular weight excluding hydrogens is 242 g/mol. The minimum absolute atomic E-state index is 0.146. The summed E-state index contributed by atoms with van der Waals surface area (Å²) in [7, 11) is 3.25. The van der Waals surface area contributed by atoms with Gasteiger partial charge in [-0.1, -0.05) is 26.0 Å². The highest BCUT2D eigenvalue weighted by molar-refractivity contribution is 5.76. The predicted octanol–water partition coefficient (Wildman–Crippen LogP) is 1.46. The van der Waals surface area contributed by atoms with Crippen LogP contribution in [0.4, 0.5) is 0 Å². The fourth-order valence-corrected chi connectivity index (χ4v) is 1.90. The maximum Gasteiger partial charge on any atom is 0.235 e. The van der Waals surface area contributed by atoms with Crippen molar-refractivity contribution in [2.24, 2.45) is 5.73 Å². The molecule has 0 fully saturated rings. The number of ether oxygens (including phenoxy) is 1. The summed E-state index contributed by atoms with van der Waals surface area (Å²) in [5.41, 5.74) is 13.3. The highest BCUT2D eigenvalue weighted by atomic mass is 16.5. The number of nitrogens with one attached hydrogen (secondary N) is 2. The number of hydrogen-bond acceptors (Lipinski definition) is 4. The van der Waals surface area contributed by atoms with E-state index in [1.807, 2.05) is 18.2 Å². The second kappa shape index (κ2) is 7.11. The van der Waals surface area contributed by atoms with Crippen LogP contribution in [0.2, 0.25) is 0 Å². The van der Waals surface area contributed by atoms with E-state index in [-0.39, 0.29) is 18.4 Å². The lowest BCUT2D eigenvalue weighted by atomic mass is 9.95. The standard InChI is InChI=1S/C14H23N3O2/c1-9(2)10-5-6-13(19-4)11(7-10)12(15)8-14(18)17-16-3/h5-7,9,12,16H,8,15H2,1-4H3,(H,17,18). The molecule has 0 heterocycles. The zero-order valence-electron chi connectivity index (χ0n) is 12.0. The largest absolute Gasteiger partial charge is 0.496 e. The van der Waals surface area contributed by atoms with Crippen molar-refractivity contribution < 1.29 is 9.53 Å². The highest BCUT2D eigenvalue weighted by Crippen LogP contribution is 2.29. The summed E-state index contributed by atoms with van der Waals surface area (Å²) in [5, 5.41) is 0. The Balaban J connectivity index is 2.95. The van der Waals surface area contributed by atoms with E-state index in [0.29, 0.717) is 11.7 Å². The fraction of sp³-hybridized carbons (Fsp3) is 0.500. The Kier molecular flexibility index (Phi) is 5.79. The van der Waals surface area contributed by atoms with Crippen molar-refractivity contribution in [2.45, 2.75) is 32.2 Å². The van der Waals surface area contributed by atoms with Gasteiger partial charge in [0.1, 0.15) is 5.75 Å². The molecule has 1 atom stereocenters. The van der Waals surface area contributed by atoms with E-state index < -0.39 is 0 Å². The first-order valence-corrected chi connectivity index (χ1v) is 6.38. The first kappa shape index (κ1) is 15.5. The molecule has 1 unspecified atom stereocenters. The van der Waals surface area contributed by atoms with Crippen molar-refractivity contribution in [1.82, 2.24) is 10.9 Å². The Hall–Kier alpha value is -1.59. The van der Waals surface area contributed by atoms with E-state index in [2.05, 4.69) is 24.7 Å². The molecule has 1 aromatic carbocycles. The Labute approximate surface area is 114 Å². The van der Waals surface area contributed by atoms with Gasteiger partial charge in [-0.2, -0.15) is 0 Å². The predicted molar refractivity (Wildman–Crippen MR) is 75.8 cm³/mol. The smallest absolute Gasteiger partial charge is 0.235 e. The van der Waals surface area contributed by atoms with Crippen LogP contribution in [-0.2, 0) is 4.79 Å². The molecule has 19 heavy (non-hydrogen) atoms. The first-order chi connectivity index (χ1) is 8.99. The maximum atomic E-state index is 11.6. The zero-order valence-corrected chi connectivity index (χ0v) is 12.0. The number of hydrogen-bond donors (Lipinski definition) is 3. The number of methoxy groups -OCH3 is 1. The van der Waals surface area contributed by atoms with Crippen molar-refractivity contribution >= 4 is 5.91 Å². The molecule has 0 aliphatic rings. The SMILES string of the molecule is CNNC(=O)CC(N)c1cc(C(C)C)ccc1OC. The molecule has 0 aliphatic heterocycles. The van der Waals surface area contributed by atoms with Crippen LogP contribution in [0, 0.1) is 0 Å². The molecule has 0 aliphatic carbocycles. The second-order valence-corrected chi connectivity index (χ2v) is 4.76. The van der Waals surface area contributed by atoms with Crippen molar-refractivity contribution in [3.63, 3.8) is 0 Å². The second-order valence-electron chi connectivity index (χ2n) is 4.76. The van der Waals surface area contributed by atoms with Crippen LogP contribution in [0.25, 0.3) is 0 Å². The van der Waals surface area contributed by atoms with Gasteiger partial charge in [0.2, 0.25) is 5.91 Å². The minimum Gasteiger partial charge on any atom is -0.496 e. The fourth-order valence-electron chi connectivity index (χ4n) is 1.90. The summed E-state index contributed by atoms with van der Waals surface area (Å²) in [6.45, 7) is 4.23. The number of hydrazine groups is 1. The van der Waals surface area contributed by atoms with Gasteiger partial charge in [0.15, 0.2) is 0 Å². The molecule has 0 spiro atoms. The number of carbonyl (C=O) groups excluding carboxylic acids is 1. The quantitative estimate of drug-likeness (QED) is 0.681. The molecule has 5 heteroatoms. The Morgan fingerprint density at radius 1 is 1.42 bits per heavy atom. The van der Waals surface area contributed by atoms with Gasteiger partial charge < -0.3 is 10.5 Å². The van der Waals surface area contributed by atoms with Crippen molar-refractivity contribution in [1.29, 1.82) is 0 Å². The van der Waals surface area contributed by atoms with E-state index >= 15 is 0 Å². The number of benzene rings is 1. The Morgan fingerprint density at radius 3 is 2.63 bits per heavy atom. The number of nitrogens with two attached hydrogens (primary N) is 1. The van der Waals surface area contributed by atoms with E-state index in [1.54, 1.807) is 14.2 Å². The lowest BCUT2D eigenvalue weighted by molar-refractivity contribution is -0.122. The van der Waals surface area contributed by atoms with Crippen molar-refractivity contribution in [2.75, 3.05) is 14.2 Å². The number of rotatable bonds is 6. The van der Waals surface area contributed by atoms with Crippen LogP contribution in [0.5, 0.6) is 5.75 Å². The zero-order chi connectivity index (χ0) is 14.4. The van der Waals surface area contributed by atoms with Gasteiger partial charge >= 0.3 is 0 Å². The average molecular weight is 265 g/mol. The summed E-state index contributed by atoms with van der Waals surface area (Å²) in [4.78, 5) is 11.6. The molecule has 4 N–H and O–H groups in total. The van der Waals surface area contributed by atoms with Gasteiger partial charge in [0.25, 0.3) is 0 Å². The molecule has 5 nitrogen and oxygen atoms in total. The Morgan fingerprint density at radius 2 is 2.11 bits per heavy atom. The Bertz CT molecular complexity index is 433. The van der Waals surface area contributed by atoms with Gasteiger partial charge in [-0.15, -0.1) is 0 Å². The number of amides is 1. The molecule has 106 valence electrons. The molecule has 0 saturated heterocycles. The van der Waals surface area contributed by atoms with Gasteiger partial charge in [-0.3, -0.25) is 10.2 Å². The lowest BCUT2D eigenvalue weighted by Gasteiger charge is -2.18. The van der Waals surface area contributed by atoms with Crippen LogP contribution in [-0.4, -0.2) is 20.1 Å². The summed E-state index contributed by atoms with van der Waals surface area (Å²) in [6.07, 6.45) is 0.207. The summed E-state index contributed by atoms with van der Waals surface area (Å²) in [6, 6.07) is 5.55. The van der Waals surface area contributed by atoms with Gasteiger partial charge in [0, 0.05) is 25.1 Å². The monoisotopic (exact) mass is 265 g/mol. The third kappa shape index (κ3) is 4.22. The molecule has 0 bridgehead atoms. The molecule has 1 aromatic rings. The maximum absolute atomic E-state index is 11.6. The molecule has 1 amide bonds. The number of carbonyl (C=O) groups is 1. The molecule has 0 aromatic heterocycles. The third-order valence-corrected chi connectivity index (χ3v) is 2.99. The average Bonchev–Trinajstić information content (AvgIpc) is 2.37.